The molecule has 0 amide bonds. The molecular weight excluding hydrogens is 422 g/mol. The molecule has 3 aliphatic rings. The van der Waals surface area contributed by atoms with Gasteiger partial charge < -0.3 is 15.2 Å². The van der Waals surface area contributed by atoms with Crippen molar-refractivity contribution in [3.8, 4) is 11.5 Å². The minimum Gasteiger partial charge on any atom is -0.503 e. The van der Waals surface area contributed by atoms with Crippen LogP contribution in [0.3, 0.4) is 0 Å². The van der Waals surface area contributed by atoms with Gasteiger partial charge in [0, 0.05) is 41.3 Å². The smallest absolute Gasteiger partial charge is 0.172 e. The lowest BCUT2D eigenvalue weighted by Crippen LogP contribution is -2.40. The largest absolute Gasteiger partial charge is 0.503 e. The Balaban J connectivity index is 1.94. The highest BCUT2D eigenvalue weighted by atomic mass is 79.9. The van der Waals surface area contributed by atoms with E-state index < -0.39 is 5.92 Å². The predicted molar refractivity (Wildman–Crippen MR) is 109 cm³/mol. The summed E-state index contributed by atoms with van der Waals surface area (Å²) in [5.74, 6) is 0.0742. The molecule has 1 aromatic carbocycles. The average Bonchev–Trinajstić information content (AvgIpc) is 2.61. The second kappa shape index (κ2) is 6.76. The number of hydrogen-bond donors (Lipinski definition) is 2. The lowest BCUT2D eigenvalue weighted by molar-refractivity contribution is -0.118. The van der Waals surface area contributed by atoms with Gasteiger partial charge in [-0.05, 0) is 58.3 Å². The first-order valence-corrected chi connectivity index (χ1v) is 10.4. The van der Waals surface area contributed by atoms with Gasteiger partial charge in [-0.15, -0.1) is 0 Å². The summed E-state index contributed by atoms with van der Waals surface area (Å²) in [6, 6.07) is 3.53. The van der Waals surface area contributed by atoms with Crippen molar-refractivity contribution >= 4 is 27.5 Å². The highest BCUT2D eigenvalue weighted by Gasteiger charge is 2.44. The number of phenols is 1. The van der Waals surface area contributed by atoms with Crippen molar-refractivity contribution in [2.45, 2.75) is 51.9 Å². The van der Waals surface area contributed by atoms with Crippen molar-refractivity contribution in [2.75, 3.05) is 7.11 Å². The Labute approximate surface area is 173 Å². The summed E-state index contributed by atoms with van der Waals surface area (Å²) in [6.45, 7) is 4.20. The Bertz CT molecular complexity index is 958. The fourth-order valence-electron chi connectivity index (χ4n) is 4.69. The number of rotatable bonds is 2. The molecule has 5 nitrogen and oxygen atoms in total. The Morgan fingerprint density at radius 3 is 2.54 bits per heavy atom. The van der Waals surface area contributed by atoms with Gasteiger partial charge in [0.05, 0.1) is 11.6 Å². The van der Waals surface area contributed by atoms with E-state index >= 15 is 0 Å². The number of benzene rings is 1. The molecular formula is C22H24BrNO4. The second-order valence-corrected chi connectivity index (χ2v) is 9.47. The van der Waals surface area contributed by atoms with Crippen LogP contribution in [0.4, 0.5) is 0 Å². The van der Waals surface area contributed by atoms with Gasteiger partial charge in [0.1, 0.15) is 0 Å². The molecule has 148 valence electrons. The number of ketones is 2. The van der Waals surface area contributed by atoms with Crippen molar-refractivity contribution in [1.29, 1.82) is 0 Å². The van der Waals surface area contributed by atoms with Crippen LogP contribution >= 0.6 is 15.9 Å². The average molecular weight is 446 g/mol. The van der Waals surface area contributed by atoms with E-state index in [-0.39, 0.29) is 22.7 Å². The predicted octanol–water partition coefficient (Wildman–Crippen LogP) is 4.50. The fourth-order valence-corrected chi connectivity index (χ4v) is 5.15. The van der Waals surface area contributed by atoms with Gasteiger partial charge in [-0.1, -0.05) is 13.8 Å². The Morgan fingerprint density at radius 2 is 1.82 bits per heavy atom. The van der Waals surface area contributed by atoms with Crippen molar-refractivity contribution in [1.82, 2.24) is 5.32 Å². The van der Waals surface area contributed by atoms with E-state index in [1.807, 2.05) is 0 Å². The lowest BCUT2D eigenvalue weighted by Gasteiger charge is -2.41. The third-order valence-electron chi connectivity index (χ3n) is 5.86. The maximum absolute atomic E-state index is 13.2. The van der Waals surface area contributed by atoms with Crippen LogP contribution in [0.5, 0.6) is 11.5 Å². The van der Waals surface area contributed by atoms with E-state index in [0.717, 1.165) is 36.2 Å². The molecule has 0 spiro atoms. The first-order chi connectivity index (χ1) is 13.2. The first kappa shape index (κ1) is 19.2. The molecule has 1 atom stereocenters. The standard InChI is InChI=1S/C22H24BrNO4/c1-22(2)9-14-20(16(26)10-22)18(19-13(24-14)5-4-6-15(19)25)11-7-12(23)21(27)17(8-11)28-3/h7-8,18,24,27H,4-6,9-10H2,1-3H3. The van der Waals surface area contributed by atoms with E-state index in [2.05, 4.69) is 35.1 Å². The molecule has 0 radical (unpaired) electrons. The number of dihydropyridines is 1. The number of carbonyl (C=O) groups is 2. The fraction of sp³-hybridized carbons (Fsp3) is 0.455. The maximum atomic E-state index is 13.2. The first-order valence-electron chi connectivity index (χ1n) is 9.58. The van der Waals surface area contributed by atoms with Gasteiger partial charge in [0.2, 0.25) is 0 Å². The van der Waals surface area contributed by atoms with E-state index in [1.54, 1.807) is 12.1 Å². The topological polar surface area (TPSA) is 75.6 Å². The number of halogens is 1. The summed E-state index contributed by atoms with van der Waals surface area (Å²) in [7, 11) is 1.49. The highest BCUT2D eigenvalue weighted by Crippen LogP contribution is 2.50. The van der Waals surface area contributed by atoms with Crippen LogP contribution in [0.1, 0.15) is 57.4 Å². The highest BCUT2D eigenvalue weighted by molar-refractivity contribution is 9.10. The van der Waals surface area contributed by atoms with Gasteiger partial charge in [-0.25, -0.2) is 0 Å². The molecule has 1 aliphatic heterocycles. The Kier molecular flexibility index (Phi) is 4.65. The monoisotopic (exact) mass is 445 g/mol. The molecule has 1 heterocycles. The molecule has 1 unspecified atom stereocenters. The number of phenolic OH excluding ortho intramolecular Hbond substituents is 1. The van der Waals surface area contributed by atoms with E-state index in [4.69, 9.17) is 4.74 Å². The SMILES string of the molecule is COc1cc(C2C3=C(CCCC3=O)NC3=C2C(=O)CC(C)(C)C3)cc(Br)c1O. The summed E-state index contributed by atoms with van der Waals surface area (Å²) in [5.41, 5.74) is 3.92. The number of Topliss-reactive ketones (excluding diaryl/α,β-unsaturated/α-hetero) is 2. The minimum absolute atomic E-state index is 0.00895. The van der Waals surface area contributed by atoms with Gasteiger partial charge >= 0.3 is 0 Å². The lowest BCUT2D eigenvalue weighted by atomic mass is 9.67. The molecule has 6 heteroatoms. The quantitative estimate of drug-likeness (QED) is 0.700. The Morgan fingerprint density at radius 1 is 1.11 bits per heavy atom. The van der Waals surface area contributed by atoms with Crippen molar-refractivity contribution in [3.63, 3.8) is 0 Å². The third-order valence-corrected chi connectivity index (χ3v) is 6.46. The van der Waals surface area contributed by atoms with Gasteiger partial charge in [-0.2, -0.15) is 0 Å². The molecule has 2 N–H and O–H groups in total. The zero-order valence-electron chi connectivity index (χ0n) is 16.3. The van der Waals surface area contributed by atoms with Crippen LogP contribution in [-0.4, -0.2) is 23.8 Å². The molecule has 0 saturated heterocycles. The summed E-state index contributed by atoms with van der Waals surface area (Å²) >= 11 is 3.38. The molecule has 0 saturated carbocycles. The number of nitrogens with one attached hydrogen (secondary N) is 1. The molecule has 28 heavy (non-hydrogen) atoms. The molecule has 0 fully saturated rings. The van der Waals surface area contributed by atoms with Crippen molar-refractivity contribution in [3.05, 3.63) is 44.7 Å². The van der Waals surface area contributed by atoms with Crippen molar-refractivity contribution in [2.24, 2.45) is 5.41 Å². The normalized spacial score (nSPS) is 23.9. The number of ether oxygens (including phenoxy) is 1. The molecule has 4 rings (SSSR count). The van der Waals surface area contributed by atoms with Gasteiger partial charge in [0.25, 0.3) is 0 Å². The van der Waals surface area contributed by atoms with Crippen LogP contribution < -0.4 is 10.1 Å². The summed E-state index contributed by atoms with van der Waals surface area (Å²) in [6.07, 6.45) is 3.35. The number of allylic oxidation sites excluding steroid dienone is 4. The summed E-state index contributed by atoms with van der Waals surface area (Å²) in [4.78, 5) is 26.1. The number of aromatic hydroxyl groups is 1. The number of hydrogen-bond acceptors (Lipinski definition) is 5. The molecule has 1 aromatic rings. The van der Waals surface area contributed by atoms with Crippen LogP contribution in [-0.2, 0) is 9.59 Å². The number of carbonyl (C=O) groups excluding carboxylic acids is 2. The van der Waals surface area contributed by atoms with Crippen LogP contribution in [0.2, 0.25) is 0 Å². The van der Waals surface area contributed by atoms with E-state index in [0.29, 0.717) is 34.2 Å². The summed E-state index contributed by atoms with van der Waals surface area (Å²) in [5, 5.41) is 13.7. The third kappa shape index (κ3) is 3.08. The minimum atomic E-state index is -0.423. The van der Waals surface area contributed by atoms with Crippen LogP contribution in [0, 0.1) is 5.41 Å². The second-order valence-electron chi connectivity index (χ2n) is 8.61. The van der Waals surface area contributed by atoms with E-state index in [9.17, 15) is 14.7 Å². The molecule has 2 aliphatic carbocycles. The zero-order valence-corrected chi connectivity index (χ0v) is 17.9. The van der Waals surface area contributed by atoms with Gasteiger partial charge in [0.15, 0.2) is 23.1 Å². The van der Waals surface area contributed by atoms with E-state index in [1.165, 1.54) is 7.11 Å². The molecule has 0 aromatic heterocycles. The Hall–Kier alpha value is -2.08. The molecule has 0 bridgehead atoms. The summed E-state index contributed by atoms with van der Waals surface area (Å²) < 4.78 is 5.80. The number of methoxy groups -OCH3 is 1. The zero-order chi connectivity index (χ0) is 20.2. The van der Waals surface area contributed by atoms with Crippen molar-refractivity contribution < 1.29 is 19.4 Å². The van der Waals surface area contributed by atoms with Crippen LogP contribution in [0.25, 0.3) is 0 Å². The van der Waals surface area contributed by atoms with Gasteiger partial charge in [-0.3, -0.25) is 9.59 Å². The maximum Gasteiger partial charge on any atom is 0.172 e. The van der Waals surface area contributed by atoms with Crippen LogP contribution in [0.15, 0.2) is 39.1 Å².